The standard InChI is InChI=1S/C35H50N10O13/c1-3-57-34(55)40-14-6-5-7-24(43-35(56)58-4-2)42-33(54)41-23(21-27(48)38-17-15-36-25(46)12-19-44-29(50)8-9-30(44)51)22-28(49)39-18-16-37-26(47)13-20-45-31(52)10-11-32(45)53/h8-11,23H,3-7,12-22H2,1-2H3,(H,36,46)(H,37,47)(H,38,48)(H,39,49)(H,40,55)(H2,41,42,43,54,56). The van der Waals surface area contributed by atoms with Crippen LogP contribution in [0, 0.1) is 0 Å². The number of hydrogen-bond donors (Lipinski definition) is 7. The number of carbonyl (C=O) groups excluding carboxylic acids is 11. The van der Waals surface area contributed by atoms with Crippen LogP contribution in [0.15, 0.2) is 29.3 Å². The van der Waals surface area contributed by atoms with Crippen molar-refractivity contribution in [1.82, 2.24) is 47.0 Å². The second-order valence-corrected chi connectivity index (χ2v) is 12.3. The lowest BCUT2D eigenvalue weighted by Gasteiger charge is -2.19. The first kappa shape index (κ1) is 47.5. The van der Waals surface area contributed by atoms with Crippen molar-refractivity contribution in [3.05, 3.63) is 24.3 Å². The molecule has 0 fully saturated rings. The number of amides is 12. The number of alkyl carbamates (subject to hydrolysis) is 1. The van der Waals surface area contributed by atoms with Crippen molar-refractivity contribution in [1.29, 1.82) is 0 Å². The molecule has 2 aliphatic rings. The minimum Gasteiger partial charge on any atom is -0.450 e. The van der Waals surface area contributed by atoms with E-state index in [0.29, 0.717) is 12.8 Å². The van der Waals surface area contributed by atoms with E-state index in [2.05, 4.69) is 42.2 Å². The minimum atomic E-state index is -1.12. The summed E-state index contributed by atoms with van der Waals surface area (Å²) in [4.78, 5) is 139. The SMILES string of the molecule is CCOC(=O)N=C(CCCCNC(=O)OCC)NC(=O)NC(CC(=O)NCCNC(=O)CCN1C(=O)C=CC1=O)CC(=O)NCCNC(=O)CCN1C(=O)C=CC1=O. The number of nitrogens with one attached hydrogen (secondary N) is 7. The van der Waals surface area contributed by atoms with Gasteiger partial charge in [-0.1, -0.05) is 0 Å². The normalized spacial score (nSPS) is 13.4. The number of amidine groups is 1. The molecule has 12 amide bonds. The van der Waals surface area contributed by atoms with Crippen molar-refractivity contribution in [3.8, 4) is 0 Å². The first-order chi connectivity index (χ1) is 27.7. The molecule has 2 aliphatic heterocycles. The molecular weight excluding hydrogens is 768 g/mol. The molecular formula is C35H50N10O13. The Labute approximate surface area is 333 Å². The number of unbranched alkanes of at least 4 members (excludes halogenated alkanes) is 1. The van der Waals surface area contributed by atoms with Gasteiger partial charge < -0.3 is 41.4 Å². The van der Waals surface area contributed by atoms with Crippen LogP contribution >= 0.6 is 0 Å². The van der Waals surface area contributed by atoms with Gasteiger partial charge in [-0.3, -0.25) is 53.5 Å². The summed E-state index contributed by atoms with van der Waals surface area (Å²) in [6.07, 6.45) is 2.57. The van der Waals surface area contributed by atoms with E-state index in [1.165, 1.54) is 0 Å². The molecule has 318 valence electrons. The number of imide groups is 2. The number of hydrogen-bond acceptors (Lipinski definition) is 13. The molecule has 0 aromatic rings. The van der Waals surface area contributed by atoms with Crippen LogP contribution in [0.3, 0.4) is 0 Å². The first-order valence-electron chi connectivity index (χ1n) is 18.6. The molecule has 0 radical (unpaired) electrons. The predicted octanol–water partition coefficient (Wildman–Crippen LogP) is -2.00. The smallest absolute Gasteiger partial charge is 0.435 e. The van der Waals surface area contributed by atoms with E-state index in [-0.39, 0.29) is 84.1 Å². The Morgan fingerprint density at radius 2 is 1.03 bits per heavy atom. The third-order valence-electron chi connectivity index (χ3n) is 7.80. The highest BCUT2D eigenvalue weighted by atomic mass is 16.5. The van der Waals surface area contributed by atoms with Gasteiger partial charge in [0, 0.05) is 108 Å². The zero-order valence-electron chi connectivity index (χ0n) is 32.3. The zero-order valence-corrected chi connectivity index (χ0v) is 32.3. The Balaban J connectivity index is 1.93. The number of nitrogens with zero attached hydrogens (tertiary/aromatic N) is 3. The zero-order chi connectivity index (χ0) is 42.9. The molecule has 0 spiro atoms. The van der Waals surface area contributed by atoms with Crippen LogP contribution in [-0.4, -0.2) is 146 Å². The number of rotatable bonds is 24. The summed E-state index contributed by atoms with van der Waals surface area (Å²) >= 11 is 0. The van der Waals surface area contributed by atoms with Crippen molar-refractivity contribution in [2.75, 3.05) is 59.0 Å². The quantitative estimate of drug-likeness (QED) is 0.0240. The Kier molecular flexibility index (Phi) is 21.5. The number of ether oxygens (including phenoxy) is 2. The third kappa shape index (κ3) is 19.3. The predicted molar refractivity (Wildman–Crippen MR) is 201 cm³/mol. The van der Waals surface area contributed by atoms with Gasteiger partial charge in [-0.05, 0) is 26.7 Å². The topological polar surface area (TPSA) is 309 Å². The summed E-state index contributed by atoms with van der Waals surface area (Å²) in [6.45, 7) is 3.32. The van der Waals surface area contributed by atoms with E-state index < -0.39 is 84.4 Å². The average Bonchev–Trinajstić information content (AvgIpc) is 3.66. The van der Waals surface area contributed by atoms with Gasteiger partial charge in [-0.25, -0.2) is 14.4 Å². The van der Waals surface area contributed by atoms with Crippen LogP contribution in [0.4, 0.5) is 14.4 Å². The monoisotopic (exact) mass is 818 g/mol. The molecule has 0 aromatic heterocycles. The van der Waals surface area contributed by atoms with Gasteiger partial charge >= 0.3 is 18.2 Å². The molecule has 0 bridgehead atoms. The highest BCUT2D eigenvalue weighted by molar-refractivity contribution is 6.13. The van der Waals surface area contributed by atoms with Crippen molar-refractivity contribution >= 4 is 71.3 Å². The van der Waals surface area contributed by atoms with Crippen LogP contribution in [0.5, 0.6) is 0 Å². The van der Waals surface area contributed by atoms with Crippen LogP contribution in [-0.2, 0) is 47.8 Å². The summed E-state index contributed by atoms with van der Waals surface area (Å²) in [5.74, 6) is -4.35. The van der Waals surface area contributed by atoms with Crippen LogP contribution < -0.4 is 37.2 Å². The number of carbonyl (C=O) groups is 11. The molecule has 0 atom stereocenters. The van der Waals surface area contributed by atoms with Crippen molar-refractivity contribution < 1.29 is 62.2 Å². The fourth-order valence-corrected chi connectivity index (χ4v) is 5.04. The fourth-order valence-electron chi connectivity index (χ4n) is 5.04. The van der Waals surface area contributed by atoms with Crippen LogP contribution in [0.2, 0.25) is 0 Å². The van der Waals surface area contributed by atoms with Crippen molar-refractivity contribution in [3.63, 3.8) is 0 Å². The van der Waals surface area contributed by atoms with Gasteiger partial charge in [0.1, 0.15) is 5.84 Å². The number of urea groups is 1. The van der Waals surface area contributed by atoms with E-state index in [1.807, 2.05) is 0 Å². The highest BCUT2D eigenvalue weighted by Crippen LogP contribution is 2.06. The maximum atomic E-state index is 13.1. The Morgan fingerprint density at radius 3 is 1.48 bits per heavy atom. The molecule has 23 nitrogen and oxygen atoms in total. The average molecular weight is 819 g/mol. The van der Waals surface area contributed by atoms with Crippen LogP contribution in [0.1, 0.15) is 58.8 Å². The van der Waals surface area contributed by atoms with E-state index in [1.54, 1.807) is 13.8 Å². The van der Waals surface area contributed by atoms with Gasteiger partial charge in [0.2, 0.25) is 23.6 Å². The molecule has 0 saturated carbocycles. The lowest BCUT2D eigenvalue weighted by Crippen LogP contribution is -2.48. The maximum Gasteiger partial charge on any atom is 0.435 e. The van der Waals surface area contributed by atoms with Gasteiger partial charge in [0.05, 0.1) is 13.2 Å². The summed E-state index contributed by atoms with van der Waals surface area (Å²) in [6, 6.07) is -2.02. The molecule has 0 aromatic carbocycles. The molecule has 0 aliphatic carbocycles. The maximum absolute atomic E-state index is 13.1. The molecule has 0 saturated heterocycles. The molecule has 7 N–H and O–H groups in total. The van der Waals surface area contributed by atoms with Gasteiger partial charge in [-0.15, -0.1) is 0 Å². The van der Waals surface area contributed by atoms with E-state index in [0.717, 1.165) is 34.1 Å². The minimum absolute atomic E-state index is 0.0139. The lowest BCUT2D eigenvalue weighted by molar-refractivity contribution is -0.139. The lowest BCUT2D eigenvalue weighted by atomic mass is 10.1. The Hall–Kier alpha value is -6.68. The second kappa shape index (κ2) is 26.2. The van der Waals surface area contributed by atoms with E-state index in [9.17, 15) is 52.7 Å². The molecule has 23 heteroatoms. The Morgan fingerprint density at radius 1 is 0.586 bits per heavy atom. The first-order valence-corrected chi connectivity index (χ1v) is 18.6. The summed E-state index contributed by atoms with van der Waals surface area (Å²) in [5.41, 5.74) is 0. The van der Waals surface area contributed by atoms with Gasteiger partial charge in [-0.2, -0.15) is 4.99 Å². The molecule has 2 heterocycles. The highest BCUT2D eigenvalue weighted by Gasteiger charge is 2.25. The van der Waals surface area contributed by atoms with Crippen LogP contribution in [0.25, 0.3) is 0 Å². The van der Waals surface area contributed by atoms with E-state index in [4.69, 9.17) is 9.47 Å². The summed E-state index contributed by atoms with van der Waals surface area (Å²) in [7, 11) is 0. The van der Waals surface area contributed by atoms with Crippen molar-refractivity contribution in [2.45, 2.75) is 64.8 Å². The Bertz CT molecular complexity index is 1530. The summed E-state index contributed by atoms with van der Waals surface area (Å²) in [5, 5.41) is 17.7. The molecule has 58 heavy (non-hydrogen) atoms. The largest absolute Gasteiger partial charge is 0.450 e. The third-order valence-corrected chi connectivity index (χ3v) is 7.80. The second-order valence-electron chi connectivity index (χ2n) is 12.3. The summed E-state index contributed by atoms with van der Waals surface area (Å²) < 4.78 is 9.64. The molecule has 0 unspecified atom stereocenters. The number of aliphatic imine (C=N–C) groups is 1. The molecule has 2 rings (SSSR count). The van der Waals surface area contributed by atoms with E-state index >= 15 is 0 Å². The van der Waals surface area contributed by atoms with Gasteiger partial charge in [0.25, 0.3) is 23.6 Å². The van der Waals surface area contributed by atoms with Crippen molar-refractivity contribution in [2.24, 2.45) is 4.99 Å². The van der Waals surface area contributed by atoms with Gasteiger partial charge in [0.15, 0.2) is 0 Å². The fraction of sp³-hybridized carbons (Fsp3) is 0.543.